The molecule has 2 atom stereocenters. The number of rotatable bonds is 19. The minimum absolute atomic E-state index is 0. The Labute approximate surface area is 385 Å². The molecule has 16 nitrogen and oxygen atoms in total. The van der Waals surface area contributed by atoms with E-state index in [2.05, 4.69) is 26.1 Å². The Morgan fingerprint density at radius 3 is 2.23 bits per heavy atom. The maximum absolute atomic E-state index is 13.7. The van der Waals surface area contributed by atoms with Crippen molar-refractivity contribution in [3.63, 3.8) is 0 Å². The molecule has 0 aliphatic carbocycles. The van der Waals surface area contributed by atoms with E-state index in [-0.39, 0.29) is 67.8 Å². The molecular formula is C48H58N8O8S. The van der Waals surface area contributed by atoms with Crippen molar-refractivity contribution in [3.05, 3.63) is 112 Å². The van der Waals surface area contributed by atoms with Gasteiger partial charge in [0.15, 0.2) is 11.6 Å². The summed E-state index contributed by atoms with van der Waals surface area (Å²) >= 11 is 0. The number of carbonyl (C=O) groups excluding carboxylic acids is 7. The van der Waals surface area contributed by atoms with Gasteiger partial charge in [0.2, 0.25) is 11.8 Å². The number of benzene rings is 3. The van der Waals surface area contributed by atoms with Crippen LogP contribution in [-0.4, -0.2) is 99.5 Å². The number of aromatic nitrogens is 2. The number of urea groups is 1. The molecule has 4 N–H and O–H groups in total. The summed E-state index contributed by atoms with van der Waals surface area (Å²) in [6.07, 6.45) is 6.83. The number of anilines is 1. The van der Waals surface area contributed by atoms with Crippen molar-refractivity contribution in [2.75, 3.05) is 32.6 Å². The third kappa shape index (κ3) is 10.8. The van der Waals surface area contributed by atoms with Crippen molar-refractivity contribution in [3.8, 4) is 5.75 Å². The van der Waals surface area contributed by atoms with E-state index in [0.29, 0.717) is 42.3 Å². The second-order valence-corrected chi connectivity index (χ2v) is 17.4. The number of aromatic amines is 1. The highest BCUT2D eigenvalue weighted by atomic mass is 32.1. The molecule has 7 rings (SSSR count). The van der Waals surface area contributed by atoms with Crippen molar-refractivity contribution >= 4 is 60.7 Å². The van der Waals surface area contributed by atoms with Gasteiger partial charge in [0.05, 0.1) is 41.6 Å². The van der Waals surface area contributed by atoms with Gasteiger partial charge in [-0.1, -0.05) is 80.6 Å². The first kappa shape index (κ1) is 48.1. The average molecular weight is 907 g/mol. The first-order valence-corrected chi connectivity index (χ1v) is 22.0. The Morgan fingerprint density at radius 1 is 0.862 bits per heavy atom. The molecule has 17 heteroatoms. The largest absolute Gasteiger partial charge is 0.493 e. The number of nitrogens with one attached hydrogen (secondary N) is 4. The van der Waals surface area contributed by atoms with E-state index < -0.39 is 35.2 Å². The highest BCUT2D eigenvalue weighted by Gasteiger charge is 2.47. The highest BCUT2D eigenvalue weighted by molar-refractivity contribution is 7.59. The van der Waals surface area contributed by atoms with E-state index in [1.165, 1.54) is 0 Å². The number of imide groups is 2. The van der Waals surface area contributed by atoms with Crippen LogP contribution < -0.4 is 20.7 Å². The van der Waals surface area contributed by atoms with Gasteiger partial charge in [0.25, 0.3) is 17.7 Å². The molecule has 1 fully saturated rings. The number of piperidine rings is 1. The van der Waals surface area contributed by atoms with Crippen molar-refractivity contribution in [1.82, 2.24) is 35.5 Å². The number of hydrogen-bond acceptors (Lipinski definition) is 10. The van der Waals surface area contributed by atoms with Crippen molar-refractivity contribution in [1.29, 1.82) is 0 Å². The fourth-order valence-electron chi connectivity index (χ4n) is 8.65. The van der Waals surface area contributed by atoms with Crippen molar-refractivity contribution in [2.45, 2.75) is 102 Å². The number of carbonyl (C=O) groups is 7. The molecular weight excluding hydrogens is 849 g/mol. The molecule has 0 saturated carbocycles. The summed E-state index contributed by atoms with van der Waals surface area (Å²) in [7, 11) is 3.93. The lowest BCUT2D eigenvalue weighted by Crippen LogP contribution is -2.54. The van der Waals surface area contributed by atoms with Gasteiger partial charge in [-0.2, -0.15) is 18.6 Å². The zero-order chi connectivity index (χ0) is 45.5. The maximum atomic E-state index is 13.7. The molecule has 1 aromatic heterocycles. The number of hydrogen-bond donors (Lipinski definition) is 4. The van der Waals surface area contributed by atoms with Gasteiger partial charge in [-0.3, -0.25) is 44.1 Å². The van der Waals surface area contributed by atoms with Crippen molar-refractivity contribution < 1.29 is 38.3 Å². The first-order valence-electron chi connectivity index (χ1n) is 22.0. The van der Waals surface area contributed by atoms with Crippen LogP contribution in [0.2, 0.25) is 0 Å². The van der Waals surface area contributed by atoms with Crippen LogP contribution in [0.15, 0.2) is 72.8 Å². The van der Waals surface area contributed by atoms with Crippen LogP contribution in [0.4, 0.5) is 10.6 Å². The van der Waals surface area contributed by atoms with Crippen LogP contribution in [0.25, 0.3) is 0 Å². The number of Topliss-reactive ketones (excluding diaryl/α,β-unsaturated/α-hetero) is 1. The molecule has 344 valence electrons. The SMILES string of the molecule is CN(C)C[C@@H](NC(=O)N1Cc2c(NC(=O)c3ccc(C(=O)CCCCCCCCCOc4cccc5c4C(=O)N(C4CCC(=O)NC4=O)C5=O)cc3)n[nH]c2C1(C)C)c1ccccc1.S. The monoisotopic (exact) mass is 906 g/mol. The fourth-order valence-corrected chi connectivity index (χ4v) is 8.65. The van der Waals surface area contributed by atoms with Crippen LogP contribution in [0.3, 0.4) is 0 Å². The molecule has 3 aliphatic rings. The predicted octanol–water partition coefficient (Wildman–Crippen LogP) is 6.62. The lowest BCUT2D eigenvalue weighted by molar-refractivity contribution is -0.136. The Balaban J connectivity index is 0.00000700. The molecule has 0 spiro atoms. The zero-order valence-electron chi connectivity index (χ0n) is 37.3. The van der Waals surface area contributed by atoms with Gasteiger partial charge in [-0.15, -0.1) is 0 Å². The number of ether oxygens (including phenoxy) is 1. The van der Waals surface area contributed by atoms with Gasteiger partial charge in [-0.05, 0) is 77.0 Å². The Kier molecular flexibility index (Phi) is 15.6. The Morgan fingerprint density at radius 2 is 1.54 bits per heavy atom. The van der Waals surface area contributed by atoms with Gasteiger partial charge < -0.3 is 25.2 Å². The number of fused-ring (bicyclic) bond motifs is 2. The second kappa shape index (κ2) is 21.1. The third-order valence-corrected chi connectivity index (χ3v) is 12.2. The summed E-state index contributed by atoms with van der Waals surface area (Å²) < 4.78 is 5.93. The lowest BCUT2D eigenvalue weighted by Gasteiger charge is -2.34. The number of amides is 7. The average Bonchev–Trinajstić information content (AvgIpc) is 3.89. The van der Waals surface area contributed by atoms with Crippen LogP contribution in [0.5, 0.6) is 5.75 Å². The molecule has 4 heterocycles. The molecule has 1 saturated heterocycles. The van der Waals surface area contributed by atoms with Crippen LogP contribution in [0.1, 0.15) is 142 Å². The van der Waals surface area contributed by atoms with Crippen LogP contribution in [-0.2, 0) is 21.7 Å². The van der Waals surface area contributed by atoms with Gasteiger partial charge in [0, 0.05) is 36.1 Å². The molecule has 7 amide bonds. The number of H-pyrrole nitrogens is 1. The van der Waals surface area contributed by atoms with Gasteiger partial charge >= 0.3 is 6.03 Å². The van der Waals surface area contributed by atoms with E-state index in [9.17, 15) is 33.6 Å². The lowest BCUT2D eigenvalue weighted by atomic mass is 10.0. The molecule has 0 bridgehead atoms. The minimum Gasteiger partial charge on any atom is -0.493 e. The van der Waals surface area contributed by atoms with Crippen LogP contribution >= 0.6 is 13.5 Å². The van der Waals surface area contributed by atoms with E-state index in [1.54, 1.807) is 47.4 Å². The zero-order valence-corrected chi connectivity index (χ0v) is 38.3. The number of nitrogens with zero attached hydrogens (tertiary/aromatic N) is 4. The number of ketones is 1. The third-order valence-electron chi connectivity index (χ3n) is 12.2. The quantitative estimate of drug-likeness (QED) is 0.0450. The fraction of sp³-hybridized carbons (Fsp3) is 0.417. The van der Waals surface area contributed by atoms with E-state index in [0.717, 1.165) is 66.7 Å². The minimum atomic E-state index is -1.03. The maximum Gasteiger partial charge on any atom is 0.319 e. The summed E-state index contributed by atoms with van der Waals surface area (Å²) in [5.74, 6) is -1.92. The molecule has 3 aromatic carbocycles. The highest BCUT2D eigenvalue weighted by Crippen LogP contribution is 2.41. The Bertz CT molecular complexity index is 2420. The summed E-state index contributed by atoms with van der Waals surface area (Å²) in [5, 5.41) is 15.7. The molecule has 3 aliphatic heterocycles. The standard InChI is InChI=1S/C48H56N8O8.H2S/c1-48(2)41-34(28-55(48)47(63)49-35(29-54(3)4)30-16-11-10-12-17-30)42(53-52-41)51-43(59)32-23-21-31(22-24-32)37(57)19-13-8-6-5-7-9-14-27-64-38-20-15-18-33-40(38)46(62)56(45(33)61)36-25-26-39(58)50-44(36)60;/h10-12,15-18,20-24,35-36H,5-9,13-14,19,25-29H2,1-4H3,(H,49,63)(H,50,58,60)(H2,51,52,53,59);1H2/t35-,36?;/m1./s1. The topological polar surface area (TPSA) is 203 Å². The summed E-state index contributed by atoms with van der Waals surface area (Å²) in [6.45, 7) is 5.13. The summed E-state index contributed by atoms with van der Waals surface area (Å²) in [5.41, 5.74) is 3.06. The molecule has 4 aromatic rings. The normalized spacial score (nSPS) is 16.7. The second-order valence-electron chi connectivity index (χ2n) is 17.4. The molecule has 0 radical (unpaired) electrons. The summed E-state index contributed by atoms with van der Waals surface area (Å²) in [6, 6.07) is 19.8. The van der Waals surface area contributed by atoms with E-state index in [1.807, 2.05) is 63.2 Å². The summed E-state index contributed by atoms with van der Waals surface area (Å²) in [4.78, 5) is 95.0. The smallest absolute Gasteiger partial charge is 0.319 e. The number of unbranched alkanes of at least 4 members (excludes halogenated alkanes) is 6. The first-order chi connectivity index (χ1) is 30.7. The molecule has 1 unspecified atom stereocenters. The number of likely N-dealkylation sites (N-methyl/N-ethyl adjacent to an activating group) is 1. The van der Waals surface area contributed by atoms with Gasteiger partial charge in [0.1, 0.15) is 11.8 Å². The van der Waals surface area contributed by atoms with Gasteiger partial charge in [-0.25, -0.2) is 4.79 Å². The van der Waals surface area contributed by atoms with Crippen LogP contribution in [0, 0.1) is 0 Å². The predicted molar refractivity (Wildman–Crippen MR) is 248 cm³/mol. The van der Waals surface area contributed by atoms with E-state index in [4.69, 9.17) is 4.74 Å². The van der Waals surface area contributed by atoms with Crippen molar-refractivity contribution in [2.24, 2.45) is 0 Å². The molecule has 65 heavy (non-hydrogen) atoms. The Hall–Kier alpha value is -6.33. The van der Waals surface area contributed by atoms with E-state index >= 15 is 0 Å².